The number of sulfone groups is 1. The summed E-state index contributed by atoms with van der Waals surface area (Å²) >= 11 is 0. The molecule has 7 heteroatoms. The monoisotopic (exact) mass is 391 g/mol. The van der Waals surface area contributed by atoms with Gasteiger partial charge >= 0.3 is 6.09 Å². The second kappa shape index (κ2) is 8.08. The minimum Gasteiger partial charge on any atom is -0.445 e. The topological polar surface area (TPSA) is 63.7 Å². The Hall–Kier alpha value is -2.41. The molecule has 27 heavy (non-hydrogen) atoms. The van der Waals surface area contributed by atoms with Crippen LogP contribution in [0, 0.1) is 5.82 Å². The SMILES string of the molecule is CS(=O)(=O)[C@@H]1CCN(C(=O)OCc2ccccc2)[C@H](c2ccc(F)cc2)C1. The molecule has 0 aromatic heterocycles. The third-order valence-electron chi connectivity index (χ3n) is 4.85. The van der Waals surface area contributed by atoms with Crippen molar-refractivity contribution in [2.45, 2.75) is 30.7 Å². The third kappa shape index (κ3) is 4.86. The molecule has 1 heterocycles. The minimum atomic E-state index is -3.23. The van der Waals surface area contributed by atoms with Gasteiger partial charge in [-0.15, -0.1) is 0 Å². The summed E-state index contributed by atoms with van der Waals surface area (Å²) in [5.41, 5.74) is 1.57. The van der Waals surface area contributed by atoms with Crippen LogP contribution >= 0.6 is 0 Å². The van der Waals surface area contributed by atoms with Crippen molar-refractivity contribution in [2.24, 2.45) is 0 Å². The van der Waals surface area contributed by atoms with Gasteiger partial charge in [-0.2, -0.15) is 0 Å². The maximum absolute atomic E-state index is 13.3. The van der Waals surface area contributed by atoms with Gasteiger partial charge in [-0.3, -0.25) is 0 Å². The first kappa shape index (κ1) is 19.4. The van der Waals surface area contributed by atoms with E-state index in [0.717, 1.165) is 5.56 Å². The zero-order valence-corrected chi connectivity index (χ0v) is 15.9. The Morgan fingerprint density at radius 1 is 1.15 bits per heavy atom. The lowest BCUT2D eigenvalue weighted by Crippen LogP contribution is -2.44. The fraction of sp³-hybridized carbons (Fsp3) is 0.350. The van der Waals surface area contributed by atoms with E-state index in [0.29, 0.717) is 12.0 Å². The molecule has 1 saturated heterocycles. The van der Waals surface area contributed by atoms with Crippen LogP contribution in [0.5, 0.6) is 0 Å². The fourth-order valence-corrected chi connectivity index (χ4v) is 4.41. The Morgan fingerprint density at radius 2 is 1.81 bits per heavy atom. The number of hydrogen-bond acceptors (Lipinski definition) is 4. The number of nitrogens with zero attached hydrogens (tertiary/aromatic N) is 1. The molecule has 0 N–H and O–H groups in total. The summed E-state index contributed by atoms with van der Waals surface area (Å²) in [6.07, 6.45) is 1.34. The van der Waals surface area contributed by atoms with Gasteiger partial charge in [-0.25, -0.2) is 17.6 Å². The van der Waals surface area contributed by atoms with Crippen LogP contribution in [0.3, 0.4) is 0 Å². The van der Waals surface area contributed by atoms with E-state index in [1.54, 1.807) is 12.1 Å². The molecule has 0 bridgehead atoms. The smallest absolute Gasteiger partial charge is 0.410 e. The molecule has 0 radical (unpaired) electrons. The van der Waals surface area contributed by atoms with E-state index >= 15 is 0 Å². The summed E-state index contributed by atoms with van der Waals surface area (Å²) in [6, 6.07) is 14.7. The van der Waals surface area contributed by atoms with Crippen molar-refractivity contribution in [3.05, 3.63) is 71.5 Å². The maximum atomic E-state index is 13.3. The number of rotatable bonds is 4. The number of piperidine rings is 1. The maximum Gasteiger partial charge on any atom is 0.410 e. The van der Waals surface area contributed by atoms with Crippen molar-refractivity contribution in [2.75, 3.05) is 12.8 Å². The van der Waals surface area contributed by atoms with Gasteiger partial charge in [0.1, 0.15) is 22.3 Å². The molecular weight excluding hydrogens is 369 g/mol. The van der Waals surface area contributed by atoms with Crippen LogP contribution in [0.25, 0.3) is 0 Å². The highest BCUT2D eigenvalue weighted by molar-refractivity contribution is 7.91. The summed E-state index contributed by atoms with van der Waals surface area (Å²) in [6.45, 7) is 0.412. The Labute approximate surface area is 158 Å². The van der Waals surface area contributed by atoms with Crippen LogP contribution in [0.15, 0.2) is 54.6 Å². The molecule has 1 fully saturated rings. The van der Waals surface area contributed by atoms with E-state index in [-0.39, 0.29) is 25.4 Å². The molecule has 1 aliphatic heterocycles. The van der Waals surface area contributed by atoms with Crippen LogP contribution < -0.4 is 0 Å². The van der Waals surface area contributed by atoms with Crippen LogP contribution in [0.2, 0.25) is 0 Å². The largest absolute Gasteiger partial charge is 0.445 e. The number of likely N-dealkylation sites (tertiary alicyclic amines) is 1. The first-order valence-electron chi connectivity index (χ1n) is 8.76. The van der Waals surface area contributed by atoms with Gasteiger partial charge < -0.3 is 9.64 Å². The Morgan fingerprint density at radius 3 is 2.44 bits per heavy atom. The summed E-state index contributed by atoms with van der Waals surface area (Å²) in [7, 11) is -3.23. The van der Waals surface area contributed by atoms with Crippen LogP contribution in [0.4, 0.5) is 9.18 Å². The van der Waals surface area contributed by atoms with Crippen molar-refractivity contribution < 1.29 is 22.3 Å². The van der Waals surface area contributed by atoms with Crippen LogP contribution in [-0.4, -0.2) is 37.5 Å². The molecule has 0 spiro atoms. The predicted molar refractivity (Wildman–Crippen MR) is 100 cm³/mol. The van der Waals surface area contributed by atoms with Crippen molar-refractivity contribution in [3.63, 3.8) is 0 Å². The molecule has 3 rings (SSSR count). The molecule has 2 aromatic carbocycles. The van der Waals surface area contributed by atoms with Gasteiger partial charge in [0.15, 0.2) is 0 Å². The van der Waals surface area contributed by atoms with Gasteiger partial charge in [0, 0.05) is 12.8 Å². The predicted octanol–water partition coefficient (Wildman–Crippen LogP) is 3.71. The highest BCUT2D eigenvalue weighted by atomic mass is 32.2. The summed E-state index contributed by atoms with van der Waals surface area (Å²) in [5, 5.41) is -0.536. The van der Waals surface area contributed by atoms with E-state index in [9.17, 15) is 17.6 Å². The first-order chi connectivity index (χ1) is 12.8. The van der Waals surface area contributed by atoms with E-state index in [1.807, 2.05) is 30.3 Å². The van der Waals surface area contributed by atoms with Gasteiger partial charge in [0.25, 0.3) is 0 Å². The number of benzene rings is 2. The molecular formula is C20H22FNO4S. The average molecular weight is 391 g/mol. The Balaban J connectivity index is 1.78. The zero-order valence-electron chi connectivity index (χ0n) is 15.0. The molecule has 0 unspecified atom stereocenters. The van der Waals surface area contributed by atoms with Crippen molar-refractivity contribution >= 4 is 15.9 Å². The molecule has 144 valence electrons. The summed E-state index contributed by atoms with van der Waals surface area (Å²) in [4.78, 5) is 14.2. The second-order valence-electron chi connectivity index (χ2n) is 6.78. The lowest BCUT2D eigenvalue weighted by Gasteiger charge is -2.38. The van der Waals surface area contributed by atoms with Gasteiger partial charge in [-0.05, 0) is 36.1 Å². The van der Waals surface area contributed by atoms with E-state index < -0.39 is 27.2 Å². The molecule has 1 aliphatic rings. The van der Waals surface area contributed by atoms with Crippen molar-refractivity contribution in [3.8, 4) is 0 Å². The molecule has 2 atom stereocenters. The lowest BCUT2D eigenvalue weighted by molar-refractivity contribution is 0.0684. The van der Waals surface area contributed by atoms with E-state index in [4.69, 9.17) is 4.74 Å². The lowest BCUT2D eigenvalue weighted by atomic mass is 9.95. The minimum absolute atomic E-state index is 0.141. The van der Waals surface area contributed by atoms with Gasteiger partial charge in [0.2, 0.25) is 0 Å². The third-order valence-corrected chi connectivity index (χ3v) is 6.49. The zero-order chi connectivity index (χ0) is 19.4. The Kier molecular flexibility index (Phi) is 5.79. The number of carbonyl (C=O) groups excluding carboxylic acids is 1. The Bertz CT molecular complexity index is 884. The quantitative estimate of drug-likeness (QED) is 0.797. The van der Waals surface area contributed by atoms with Crippen molar-refractivity contribution in [1.29, 1.82) is 0 Å². The molecule has 5 nitrogen and oxygen atoms in total. The molecule has 1 amide bonds. The number of hydrogen-bond donors (Lipinski definition) is 0. The summed E-state index contributed by atoms with van der Waals surface area (Å²) < 4.78 is 42.7. The molecule has 0 aliphatic carbocycles. The standard InChI is InChI=1S/C20H22FNO4S/c1-27(24,25)18-11-12-22(19(13-18)16-7-9-17(21)10-8-16)20(23)26-14-15-5-3-2-4-6-15/h2-10,18-19H,11-14H2,1H3/t18-,19+/m1/s1. The number of ether oxygens (including phenoxy) is 1. The van der Waals surface area contributed by atoms with Crippen molar-refractivity contribution in [1.82, 2.24) is 4.90 Å². The highest BCUT2D eigenvalue weighted by Gasteiger charge is 2.37. The van der Waals surface area contributed by atoms with Gasteiger partial charge in [0.05, 0.1) is 11.3 Å². The number of halogens is 1. The number of carbonyl (C=O) groups is 1. The summed E-state index contributed by atoms with van der Waals surface area (Å²) in [5.74, 6) is -0.382. The normalized spacial score (nSPS) is 20.3. The molecule has 0 saturated carbocycles. The van der Waals surface area contributed by atoms with Crippen LogP contribution in [-0.2, 0) is 21.2 Å². The highest BCUT2D eigenvalue weighted by Crippen LogP contribution is 2.34. The average Bonchev–Trinajstić information content (AvgIpc) is 2.66. The second-order valence-corrected chi connectivity index (χ2v) is 9.10. The van der Waals surface area contributed by atoms with Gasteiger partial charge in [-0.1, -0.05) is 42.5 Å². The first-order valence-corrected chi connectivity index (χ1v) is 10.7. The fourth-order valence-electron chi connectivity index (χ4n) is 3.34. The van der Waals surface area contributed by atoms with E-state index in [2.05, 4.69) is 0 Å². The molecule has 2 aromatic rings. The van der Waals surface area contributed by atoms with Crippen LogP contribution in [0.1, 0.15) is 30.0 Å². The van der Waals surface area contributed by atoms with E-state index in [1.165, 1.54) is 23.3 Å². The number of amides is 1.